The number of methoxy groups -OCH3 is 2. The first kappa shape index (κ1) is 19.5. The van der Waals surface area contributed by atoms with Crippen LogP contribution in [0.4, 0.5) is 0 Å². The molecule has 1 N–H and O–H groups in total. The van der Waals surface area contributed by atoms with E-state index in [1.165, 1.54) is 0 Å². The van der Waals surface area contributed by atoms with Crippen LogP contribution in [0.15, 0.2) is 12.1 Å². The van der Waals surface area contributed by atoms with Crippen molar-refractivity contribution in [2.24, 2.45) is 5.92 Å². The number of benzene rings is 1. The lowest BCUT2D eigenvalue weighted by Gasteiger charge is -2.44. The Balaban J connectivity index is 2.00. The lowest BCUT2D eigenvalue weighted by molar-refractivity contribution is -0.124. The highest BCUT2D eigenvalue weighted by atomic mass is 16.5. The van der Waals surface area contributed by atoms with Crippen molar-refractivity contribution in [2.75, 3.05) is 27.3 Å². The van der Waals surface area contributed by atoms with Crippen LogP contribution in [0.3, 0.4) is 0 Å². The molecule has 1 saturated heterocycles. The monoisotopic (exact) mass is 374 g/mol. The fourth-order valence-corrected chi connectivity index (χ4v) is 4.17. The summed E-state index contributed by atoms with van der Waals surface area (Å²) in [6.45, 7) is 5.63. The van der Waals surface area contributed by atoms with E-state index in [4.69, 9.17) is 9.47 Å². The van der Waals surface area contributed by atoms with Gasteiger partial charge in [0.1, 0.15) is 0 Å². The van der Waals surface area contributed by atoms with Crippen molar-refractivity contribution in [2.45, 2.75) is 51.5 Å². The fourth-order valence-electron chi connectivity index (χ4n) is 4.17. The van der Waals surface area contributed by atoms with Crippen molar-refractivity contribution >= 4 is 11.8 Å². The third kappa shape index (κ3) is 3.75. The van der Waals surface area contributed by atoms with E-state index >= 15 is 0 Å². The normalized spacial score (nSPS) is 21.5. The number of hydrogen-bond acceptors (Lipinski definition) is 4. The second kappa shape index (κ2) is 8.19. The van der Waals surface area contributed by atoms with Crippen LogP contribution < -0.4 is 14.8 Å². The van der Waals surface area contributed by atoms with Gasteiger partial charge in [-0.3, -0.25) is 9.59 Å². The standard InChI is InChI=1S/C21H30N2O4/c1-13(2)8-9-22-20(24)19-14-11-17(26-3)18(27-4)12-15(14)21(25)23-10-6-5-7-16(19)23/h11-13,16,19H,5-10H2,1-4H3,(H,22,24)/t16-,19+/m0/s1. The van der Waals surface area contributed by atoms with Crippen molar-refractivity contribution < 1.29 is 19.1 Å². The van der Waals surface area contributed by atoms with Crippen LogP contribution in [0.25, 0.3) is 0 Å². The van der Waals surface area contributed by atoms with E-state index in [0.717, 1.165) is 31.2 Å². The first-order chi connectivity index (χ1) is 13.0. The Labute approximate surface area is 161 Å². The number of ether oxygens (including phenoxy) is 2. The topological polar surface area (TPSA) is 67.9 Å². The predicted octanol–water partition coefficient (Wildman–Crippen LogP) is 2.96. The Morgan fingerprint density at radius 3 is 2.59 bits per heavy atom. The molecular weight excluding hydrogens is 344 g/mol. The zero-order valence-corrected chi connectivity index (χ0v) is 16.7. The third-order valence-electron chi connectivity index (χ3n) is 5.62. The maximum absolute atomic E-state index is 13.1. The van der Waals surface area contributed by atoms with Crippen molar-refractivity contribution in [1.82, 2.24) is 10.2 Å². The van der Waals surface area contributed by atoms with Crippen LogP contribution in [0.2, 0.25) is 0 Å². The molecule has 2 aliphatic heterocycles. The van der Waals surface area contributed by atoms with Gasteiger partial charge in [0.05, 0.1) is 20.1 Å². The average molecular weight is 374 g/mol. The summed E-state index contributed by atoms with van der Waals surface area (Å²) in [6, 6.07) is 3.44. The number of nitrogens with zero attached hydrogens (tertiary/aromatic N) is 1. The van der Waals surface area contributed by atoms with Gasteiger partial charge in [0, 0.05) is 24.7 Å². The predicted molar refractivity (Wildman–Crippen MR) is 103 cm³/mol. The SMILES string of the molecule is COc1cc2c(cc1OC)[C@@H](C(=O)NCCC(C)C)[C@@H]1CCCCN1C2=O. The van der Waals surface area contributed by atoms with Crippen molar-refractivity contribution in [3.63, 3.8) is 0 Å². The molecule has 0 unspecified atom stereocenters. The Morgan fingerprint density at radius 2 is 1.93 bits per heavy atom. The molecule has 6 nitrogen and oxygen atoms in total. The van der Waals surface area contributed by atoms with Gasteiger partial charge in [-0.05, 0) is 49.3 Å². The molecule has 0 aliphatic carbocycles. The summed E-state index contributed by atoms with van der Waals surface area (Å²) >= 11 is 0. The molecule has 0 aromatic heterocycles. The lowest BCUT2D eigenvalue weighted by atomic mass is 9.78. The molecule has 148 valence electrons. The highest BCUT2D eigenvalue weighted by Gasteiger charge is 2.44. The van der Waals surface area contributed by atoms with E-state index in [0.29, 0.717) is 36.1 Å². The number of amides is 2. The summed E-state index contributed by atoms with van der Waals surface area (Å²) in [5.74, 6) is 1.20. The van der Waals surface area contributed by atoms with E-state index in [1.54, 1.807) is 20.3 Å². The first-order valence-corrected chi connectivity index (χ1v) is 9.82. The van der Waals surface area contributed by atoms with Gasteiger partial charge >= 0.3 is 0 Å². The van der Waals surface area contributed by atoms with Gasteiger partial charge in [-0.2, -0.15) is 0 Å². The zero-order chi connectivity index (χ0) is 19.6. The summed E-state index contributed by atoms with van der Waals surface area (Å²) in [6.07, 6.45) is 3.80. The number of carbonyl (C=O) groups is 2. The molecule has 27 heavy (non-hydrogen) atoms. The van der Waals surface area contributed by atoms with E-state index in [2.05, 4.69) is 19.2 Å². The zero-order valence-electron chi connectivity index (χ0n) is 16.7. The highest BCUT2D eigenvalue weighted by Crippen LogP contribution is 2.42. The molecular formula is C21H30N2O4. The summed E-state index contributed by atoms with van der Waals surface area (Å²) in [7, 11) is 3.12. The van der Waals surface area contributed by atoms with Crippen molar-refractivity contribution in [3.8, 4) is 11.5 Å². The third-order valence-corrected chi connectivity index (χ3v) is 5.62. The molecule has 2 heterocycles. The molecule has 2 aliphatic rings. The second-order valence-electron chi connectivity index (χ2n) is 7.81. The summed E-state index contributed by atoms with van der Waals surface area (Å²) in [5.41, 5.74) is 1.30. The first-order valence-electron chi connectivity index (χ1n) is 9.82. The molecule has 1 aromatic rings. The summed E-state index contributed by atoms with van der Waals surface area (Å²) in [5, 5.41) is 3.09. The number of carbonyl (C=O) groups excluding carboxylic acids is 2. The fraction of sp³-hybridized carbons (Fsp3) is 0.619. The molecule has 6 heteroatoms. The minimum atomic E-state index is -0.370. The van der Waals surface area contributed by atoms with Crippen LogP contribution in [0, 0.1) is 5.92 Å². The number of nitrogens with one attached hydrogen (secondary N) is 1. The maximum Gasteiger partial charge on any atom is 0.254 e. The van der Waals surface area contributed by atoms with E-state index in [9.17, 15) is 9.59 Å². The quantitative estimate of drug-likeness (QED) is 0.831. The van der Waals surface area contributed by atoms with Gasteiger partial charge in [-0.25, -0.2) is 0 Å². The van der Waals surface area contributed by atoms with E-state index in [1.807, 2.05) is 11.0 Å². The van der Waals surface area contributed by atoms with Crippen LogP contribution in [0.1, 0.15) is 61.4 Å². The average Bonchev–Trinajstić information content (AvgIpc) is 2.67. The van der Waals surface area contributed by atoms with Gasteiger partial charge in [-0.15, -0.1) is 0 Å². The van der Waals surface area contributed by atoms with E-state index < -0.39 is 0 Å². The second-order valence-corrected chi connectivity index (χ2v) is 7.81. The van der Waals surface area contributed by atoms with Crippen LogP contribution in [-0.4, -0.2) is 50.1 Å². The van der Waals surface area contributed by atoms with Gasteiger partial charge in [0.15, 0.2) is 11.5 Å². The minimum Gasteiger partial charge on any atom is -0.493 e. The van der Waals surface area contributed by atoms with Crippen LogP contribution in [-0.2, 0) is 4.79 Å². The molecule has 1 fully saturated rings. The Hall–Kier alpha value is -2.24. The number of fused-ring (bicyclic) bond motifs is 2. The van der Waals surface area contributed by atoms with Gasteiger partial charge in [-0.1, -0.05) is 13.8 Å². The minimum absolute atomic E-state index is 0.00600. The van der Waals surface area contributed by atoms with Gasteiger partial charge in [0.25, 0.3) is 5.91 Å². The molecule has 2 atom stereocenters. The van der Waals surface area contributed by atoms with Crippen LogP contribution >= 0.6 is 0 Å². The largest absolute Gasteiger partial charge is 0.493 e. The molecule has 3 rings (SSSR count). The van der Waals surface area contributed by atoms with E-state index in [-0.39, 0.29) is 23.8 Å². The molecule has 0 spiro atoms. The van der Waals surface area contributed by atoms with Crippen molar-refractivity contribution in [3.05, 3.63) is 23.3 Å². The Kier molecular flexibility index (Phi) is 5.92. The maximum atomic E-state index is 13.1. The van der Waals surface area contributed by atoms with Gasteiger partial charge in [0.2, 0.25) is 5.91 Å². The molecule has 0 saturated carbocycles. The molecule has 0 radical (unpaired) electrons. The van der Waals surface area contributed by atoms with Gasteiger partial charge < -0.3 is 19.7 Å². The number of piperidine rings is 1. The smallest absolute Gasteiger partial charge is 0.254 e. The number of rotatable bonds is 6. The summed E-state index contributed by atoms with van der Waals surface area (Å²) < 4.78 is 10.8. The Morgan fingerprint density at radius 1 is 1.22 bits per heavy atom. The molecule has 0 bridgehead atoms. The molecule has 1 aromatic carbocycles. The molecule has 2 amide bonds. The number of hydrogen-bond donors (Lipinski definition) is 1. The lowest BCUT2D eigenvalue weighted by Crippen LogP contribution is -2.54. The Bertz CT molecular complexity index is 716. The van der Waals surface area contributed by atoms with Crippen LogP contribution in [0.5, 0.6) is 11.5 Å². The van der Waals surface area contributed by atoms with Crippen molar-refractivity contribution in [1.29, 1.82) is 0 Å². The summed E-state index contributed by atoms with van der Waals surface area (Å²) in [4.78, 5) is 28.1. The highest BCUT2D eigenvalue weighted by molar-refractivity contribution is 6.02.